The lowest BCUT2D eigenvalue weighted by Gasteiger charge is -2.40. The Morgan fingerprint density at radius 1 is 1.00 bits per heavy atom. The number of aryl methyl sites for hydroxylation is 1. The van der Waals surface area contributed by atoms with Gasteiger partial charge in [-0.15, -0.1) is 0 Å². The van der Waals surface area contributed by atoms with E-state index in [1.165, 1.54) is 12.4 Å². The van der Waals surface area contributed by atoms with Crippen molar-refractivity contribution in [3.63, 3.8) is 0 Å². The van der Waals surface area contributed by atoms with Crippen LogP contribution in [0.1, 0.15) is 82.3 Å². The number of nitrogens with zero attached hydrogens (tertiary/aromatic N) is 4. The summed E-state index contributed by atoms with van der Waals surface area (Å²) >= 11 is 0. The van der Waals surface area contributed by atoms with Crippen LogP contribution in [0.2, 0.25) is 0 Å². The molecule has 0 radical (unpaired) electrons. The number of hydrogen-bond acceptors (Lipinski definition) is 11. The highest BCUT2D eigenvalue weighted by Crippen LogP contribution is 2.39. The monoisotopic (exact) mass is 745 g/mol. The molecule has 0 spiro atoms. The third-order valence-electron chi connectivity index (χ3n) is 8.97. The Bertz CT molecular complexity index is 1760. The summed E-state index contributed by atoms with van der Waals surface area (Å²) in [5.41, 5.74) is 0.578. The normalized spacial score (nSPS) is 18.9. The smallest absolute Gasteiger partial charge is 0.414 e. The van der Waals surface area contributed by atoms with Gasteiger partial charge in [0.15, 0.2) is 11.4 Å². The molecule has 0 saturated carbocycles. The molecule has 2 saturated heterocycles. The topological polar surface area (TPSA) is 136 Å². The van der Waals surface area contributed by atoms with Crippen LogP contribution in [0.4, 0.5) is 29.5 Å². The Balaban J connectivity index is 1.41. The van der Waals surface area contributed by atoms with Crippen molar-refractivity contribution in [1.82, 2.24) is 14.9 Å². The van der Waals surface area contributed by atoms with Gasteiger partial charge in [-0.3, -0.25) is 29.8 Å². The summed E-state index contributed by atoms with van der Waals surface area (Å²) in [6, 6.07) is 3.37. The summed E-state index contributed by atoms with van der Waals surface area (Å²) in [6.45, 7) is 14.1. The molecule has 1 N–H and O–H groups in total. The minimum Gasteiger partial charge on any atom is -0.460 e. The predicted octanol–water partition coefficient (Wildman–Crippen LogP) is 7.00. The largest absolute Gasteiger partial charge is 0.460 e. The van der Waals surface area contributed by atoms with Crippen LogP contribution < -0.4 is 10.2 Å². The number of Topliss-reactive ketones (excluding diaryl/α,β-unsaturated/α-hetero) is 1. The number of alkyl halides is 3. The van der Waals surface area contributed by atoms with Crippen LogP contribution in [0, 0.1) is 11.8 Å². The molecule has 2 atom stereocenters. The highest BCUT2D eigenvalue weighted by Gasteiger charge is 2.45. The molecule has 0 bridgehead atoms. The molecule has 12 nitrogen and oxygen atoms in total. The van der Waals surface area contributed by atoms with Crippen molar-refractivity contribution in [2.75, 3.05) is 56.2 Å². The fraction of sp³-hybridized carbons (Fsp3) is 0.605. The molecule has 15 heteroatoms. The van der Waals surface area contributed by atoms with Crippen LogP contribution in [0.25, 0.3) is 11.1 Å². The number of aromatic nitrogens is 2. The number of amides is 1. The maximum Gasteiger partial charge on any atom is 0.414 e. The number of piperidine rings is 1. The Kier molecular flexibility index (Phi) is 12.4. The Morgan fingerprint density at radius 2 is 1.72 bits per heavy atom. The molecule has 290 valence electrons. The van der Waals surface area contributed by atoms with Gasteiger partial charge in [0.05, 0.1) is 25.6 Å². The highest BCUT2D eigenvalue weighted by atomic mass is 19.4. The third-order valence-corrected chi connectivity index (χ3v) is 8.97. The number of hydrogen-bond donors (Lipinski definition) is 1. The second-order valence-corrected chi connectivity index (χ2v) is 15.8. The molecule has 3 aromatic heterocycles. The second-order valence-electron chi connectivity index (χ2n) is 15.8. The van der Waals surface area contributed by atoms with E-state index >= 15 is 0 Å². The van der Waals surface area contributed by atoms with Crippen LogP contribution in [-0.2, 0) is 31.8 Å². The quantitative estimate of drug-likeness (QED) is 0.161. The summed E-state index contributed by atoms with van der Waals surface area (Å²) in [5, 5.41) is 2.57. The zero-order valence-corrected chi connectivity index (χ0v) is 31.3. The van der Waals surface area contributed by atoms with Crippen molar-refractivity contribution in [3.05, 3.63) is 47.4 Å². The summed E-state index contributed by atoms with van der Waals surface area (Å²) in [7, 11) is 0. The first-order chi connectivity index (χ1) is 24.8. The van der Waals surface area contributed by atoms with E-state index in [-0.39, 0.29) is 49.3 Å². The first-order valence-electron chi connectivity index (χ1n) is 18.1. The minimum absolute atomic E-state index is 0.00939. The van der Waals surface area contributed by atoms with Gasteiger partial charge in [-0.05, 0) is 91.0 Å². The number of nitrogens with one attached hydrogen (secondary N) is 1. The highest BCUT2D eigenvalue weighted by molar-refractivity contribution is 6.12. The number of ether oxygens (including phenoxy) is 3. The molecule has 3 aromatic rings. The van der Waals surface area contributed by atoms with E-state index in [2.05, 4.69) is 20.2 Å². The van der Waals surface area contributed by atoms with Crippen molar-refractivity contribution >= 4 is 40.5 Å². The first kappa shape index (κ1) is 40.0. The first-order valence-corrected chi connectivity index (χ1v) is 18.1. The van der Waals surface area contributed by atoms with E-state index in [0.717, 1.165) is 31.6 Å². The number of halogens is 3. The molecule has 2 fully saturated rings. The van der Waals surface area contributed by atoms with Crippen LogP contribution in [0.3, 0.4) is 0 Å². The van der Waals surface area contributed by atoms with Gasteiger partial charge in [-0.25, -0.2) is 4.79 Å². The van der Waals surface area contributed by atoms with Gasteiger partial charge in [-0.1, -0.05) is 0 Å². The van der Waals surface area contributed by atoms with Gasteiger partial charge in [0.25, 0.3) is 0 Å². The van der Waals surface area contributed by atoms with Crippen LogP contribution in [-0.4, -0.2) is 96.0 Å². The standard InChI is InChI=1S/C38H50F3N5O7/c1-36(2,3)52-31(48)18-25-16-27(38(39,40)41)23-46(22-25)28-9-10-42-21-26(28)19-29(47)32-33-30(51-34(32)44-35(49)53-37(4,5)6)17-24(20-43-33)8-7-11-45-12-14-50-15-13-45/h9-10,17,20-21,25,27H,7-8,11-16,18-19,22-23H2,1-6H3,(H,44,49)/t25-,27-/m1/s1. The number of pyridine rings is 2. The SMILES string of the molecule is CC(C)(C)OC(=O)C[C@H]1C[C@@H](C(F)(F)F)CN(c2ccncc2CC(=O)c2c(NC(=O)OC(C)(C)C)oc3cc(CCCN4CCOCC4)cnc23)C1. The van der Waals surface area contributed by atoms with Crippen molar-refractivity contribution < 1.29 is 46.2 Å². The molecule has 2 aliphatic rings. The zero-order valence-electron chi connectivity index (χ0n) is 31.3. The van der Waals surface area contributed by atoms with Crippen molar-refractivity contribution in [2.45, 2.75) is 91.0 Å². The van der Waals surface area contributed by atoms with Crippen molar-refractivity contribution in [1.29, 1.82) is 0 Å². The Labute approximate surface area is 307 Å². The molecule has 53 heavy (non-hydrogen) atoms. The maximum absolute atomic E-state index is 14.2. The molecule has 2 aliphatic heterocycles. The van der Waals surface area contributed by atoms with Gasteiger partial charge in [0.1, 0.15) is 22.3 Å². The van der Waals surface area contributed by atoms with Crippen LogP contribution in [0.5, 0.6) is 0 Å². The predicted molar refractivity (Wildman–Crippen MR) is 192 cm³/mol. The third kappa shape index (κ3) is 11.4. The van der Waals surface area contributed by atoms with E-state index in [1.54, 1.807) is 64.8 Å². The van der Waals surface area contributed by atoms with Crippen molar-refractivity contribution in [3.8, 4) is 0 Å². The van der Waals surface area contributed by atoms with Gasteiger partial charge in [0, 0.05) is 62.4 Å². The van der Waals surface area contributed by atoms with E-state index in [0.29, 0.717) is 36.5 Å². The van der Waals surface area contributed by atoms with Gasteiger partial charge < -0.3 is 23.5 Å². The fourth-order valence-corrected chi connectivity index (χ4v) is 6.76. The second kappa shape index (κ2) is 16.4. The lowest BCUT2D eigenvalue weighted by atomic mass is 9.86. The number of furan rings is 1. The van der Waals surface area contributed by atoms with Crippen LogP contribution in [0.15, 0.2) is 35.1 Å². The number of morpholine rings is 1. The summed E-state index contributed by atoms with van der Waals surface area (Å²) in [5.74, 6) is -3.55. The minimum atomic E-state index is -4.50. The van der Waals surface area contributed by atoms with E-state index < -0.39 is 47.1 Å². The molecule has 5 rings (SSSR count). The fourth-order valence-electron chi connectivity index (χ4n) is 6.76. The Morgan fingerprint density at radius 3 is 2.40 bits per heavy atom. The number of carbonyl (C=O) groups excluding carboxylic acids is 3. The summed E-state index contributed by atoms with van der Waals surface area (Å²) in [6.07, 6.45) is 0.134. The number of anilines is 2. The lowest BCUT2D eigenvalue weighted by Crippen LogP contribution is -2.47. The van der Waals surface area contributed by atoms with Gasteiger partial charge in [-0.2, -0.15) is 13.2 Å². The molecule has 0 aliphatic carbocycles. The average molecular weight is 746 g/mol. The number of rotatable bonds is 11. The van der Waals surface area contributed by atoms with Crippen molar-refractivity contribution in [2.24, 2.45) is 11.8 Å². The zero-order chi connectivity index (χ0) is 38.6. The van der Waals surface area contributed by atoms with Gasteiger partial charge in [0.2, 0.25) is 5.88 Å². The molecular weight excluding hydrogens is 695 g/mol. The number of esters is 1. The van der Waals surface area contributed by atoms with Crippen LogP contribution >= 0.6 is 0 Å². The Hall–Kier alpha value is -4.24. The van der Waals surface area contributed by atoms with Gasteiger partial charge >= 0.3 is 18.2 Å². The lowest BCUT2D eigenvalue weighted by molar-refractivity contribution is -0.181. The number of fused-ring (bicyclic) bond motifs is 1. The number of ketones is 1. The average Bonchev–Trinajstić information content (AvgIpc) is 3.40. The molecular formula is C38H50F3N5O7. The van der Waals surface area contributed by atoms with E-state index in [9.17, 15) is 27.6 Å². The van der Waals surface area contributed by atoms with E-state index in [1.807, 2.05) is 0 Å². The van der Waals surface area contributed by atoms with E-state index in [4.69, 9.17) is 18.6 Å². The molecule has 1 amide bonds. The summed E-state index contributed by atoms with van der Waals surface area (Å²) < 4.78 is 65.0. The maximum atomic E-state index is 14.2. The molecule has 5 heterocycles. The molecule has 0 aromatic carbocycles. The molecule has 0 unspecified atom stereocenters. The number of carbonyl (C=O) groups is 3. The summed E-state index contributed by atoms with van der Waals surface area (Å²) in [4.78, 5) is 52.4.